The van der Waals surface area contributed by atoms with Gasteiger partial charge in [0.15, 0.2) is 5.16 Å². The summed E-state index contributed by atoms with van der Waals surface area (Å²) in [5, 5.41) is 6.21. The molecule has 3 aromatic rings. The molecule has 3 amide bonds. The van der Waals surface area contributed by atoms with E-state index in [1.807, 2.05) is 36.7 Å². The van der Waals surface area contributed by atoms with Crippen molar-refractivity contribution in [3.63, 3.8) is 0 Å². The number of hydrogen-bond acceptors (Lipinski definition) is 7. The van der Waals surface area contributed by atoms with Gasteiger partial charge in [-0.3, -0.25) is 14.9 Å². The van der Waals surface area contributed by atoms with Crippen molar-refractivity contribution in [1.29, 1.82) is 0 Å². The van der Waals surface area contributed by atoms with E-state index in [4.69, 9.17) is 5.73 Å². The van der Waals surface area contributed by atoms with Crippen LogP contribution in [-0.2, 0) is 4.79 Å². The molecule has 0 spiro atoms. The zero-order chi connectivity index (χ0) is 18.8. The van der Waals surface area contributed by atoms with Crippen molar-refractivity contribution in [1.82, 2.24) is 15.3 Å². The number of carbonyl (C=O) groups excluding carboxylic acids is 2. The fraction of sp³-hybridized carbons (Fsp3) is 0.250. The number of aromatic nitrogens is 2. The first-order chi connectivity index (χ1) is 12.4. The number of aromatic amines is 1. The Hall–Kier alpha value is -2.17. The second-order valence-electron chi connectivity index (χ2n) is 5.81. The minimum absolute atomic E-state index is 0.0923. The maximum absolute atomic E-state index is 12.6. The lowest BCUT2D eigenvalue weighted by Crippen LogP contribution is -2.42. The number of carbonyl (C=O) groups is 2. The van der Waals surface area contributed by atoms with E-state index in [0.717, 1.165) is 22.2 Å². The SMILES string of the molecule is CC(C)[C@@H](Sc1nc2scc(-c3cccs3)c2c(=O)[nH]1)C(=O)NC(N)=O. The van der Waals surface area contributed by atoms with E-state index in [0.29, 0.717) is 15.4 Å². The van der Waals surface area contributed by atoms with E-state index in [1.54, 1.807) is 11.3 Å². The van der Waals surface area contributed by atoms with Crippen LogP contribution in [0.3, 0.4) is 0 Å². The molecular formula is C16H16N4O3S3. The van der Waals surface area contributed by atoms with Crippen molar-refractivity contribution < 1.29 is 9.59 Å². The van der Waals surface area contributed by atoms with Gasteiger partial charge in [-0.1, -0.05) is 31.7 Å². The third kappa shape index (κ3) is 3.81. The van der Waals surface area contributed by atoms with E-state index in [2.05, 4.69) is 15.3 Å². The maximum Gasteiger partial charge on any atom is 0.318 e. The zero-order valence-electron chi connectivity index (χ0n) is 13.9. The standard InChI is InChI=1S/C16H16N4O3S3/c1-7(2)11(13(22)18-15(17)23)26-16-19-12(21)10-8(6-25-14(10)20-16)9-4-3-5-24-9/h3-7,11H,1-2H3,(H,19,20,21)(H3,17,18,22,23)/t11-/m1/s1. The van der Waals surface area contributed by atoms with Crippen LogP contribution >= 0.6 is 34.4 Å². The van der Waals surface area contributed by atoms with E-state index >= 15 is 0 Å². The summed E-state index contributed by atoms with van der Waals surface area (Å²) in [5.41, 5.74) is 5.63. The fourth-order valence-electron chi connectivity index (χ4n) is 2.40. The Morgan fingerprint density at radius 2 is 2.12 bits per heavy atom. The summed E-state index contributed by atoms with van der Waals surface area (Å²) in [5.74, 6) is -0.601. The van der Waals surface area contributed by atoms with Crippen LogP contribution in [0.15, 0.2) is 32.8 Å². The van der Waals surface area contributed by atoms with Crippen molar-refractivity contribution in [2.75, 3.05) is 0 Å². The Morgan fingerprint density at radius 3 is 2.73 bits per heavy atom. The van der Waals surface area contributed by atoms with Crippen LogP contribution in [-0.4, -0.2) is 27.2 Å². The molecule has 26 heavy (non-hydrogen) atoms. The largest absolute Gasteiger partial charge is 0.351 e. The number of hydrogen-bond donors (Lipinski definition) is 3. The number of nitrogens with two attached hydrogens (primary N) is 1. The van der Waals surface area contributed by atoms with Gasteiger partial charge in [0.2, 0.25) is 5.91 Å². The Balaban J connectivity index is 1.95. The van der Waals surface area contributed by atoms with Gasteiger partial charge in [0, 0.05) is 15.8 Å². The van der Waals surface area contributed by atoms with E-state index in [-0.39, 0.29) is 11.5 Å². The summed E-state index contributed by atoms with van der Waals surface area (Å²) in [6.45, 7) is 3.68. The highest BCUT2D eigenvalue weighted by molar-refractivity contribution is 8.00. The van der Waals surface area contributed by atoms with Gasteiger partial charge in [0.1, 0.15) is 4.83 Å². The van der Waals surface area contributed by atoms with E-state index in [9.17, 15) is 14.4 Å². The highest BCUT2D eigenvalue weighted by Crippen LogP contribution is 2.34. The van der Waals surface area contributed by atoms with Gasteiger partial charge in [-0.2, -0.15) is 0 Å². The molecule has 0 aliphatic carbocycles. The molecule has 0 saturated heterocycles. The molecule has 3 aromatic heterocycles. The van der Waals surface area contributed by atoms with Crippen LogP contribution in [0.1, 0.15) is 13.8 Å². The normalized spacial score (nSPS) is 12.4. The van der Waals surface area contributed by atoms with Crippen LogP contribution in [0.4, 0.5) is 4.79 Å². The number of H-pyrrole nitrogens is 1. The fourth-order valence-corrected chi connectivity index (χ4v) is 5.20. The molecule has 3 heterocycles. The average Bonchev–Trinajstić information content (AvgIpc) is 3.20. The highest BCUT2D eigenvalue weighted by atomic mass is 32.2. The van der Waals surface area contributed by atoms with E-state index < -0.39 is 17.2 Å². The summed E-state index contributed by atoms with van der Waals surface area (Å²) in [6, 6.07) is 2.98. The van der Waals surface area contributed by atoms with Crippen molar-refractivity contribution >= 4 is 56.6 Å². The number of rotatable bonds is 5. The van der Waals surface area contributed by atoms with Crippen LogP contribution < -0.4 is 16.6 Å². The molecule has 0 radical (unpaired) electrons. The van der Waals surface area contributed by atoms with Crippen molar-refractivity contribution in [3.05, 3.63) is 33.2 Å². The number of thioether (sulfide) groups is 1. The Morgan fingerprint density at radius 1 is 1.35 bits per heavy atom. The molecule has 1 atom stereocenters. The molecule has 4 N–H and O–H groups in total. The predicted molar refractivity (Wildman–Crippen MR) is 106 cm³/mol. The third-order valence-electron chi connectivity index (χ3n) is 3.56. The number of imide groups is 1. The number of fused-ring (bicyclic) bond motifs is 1. The molecular weight excluding hydrogens is 392 g/mol. The van der Waals surface area contributed by atoms with Crippen LogP contribution in [0.2, 0.25) is 0 Å². The lowest BCUT2D eigenvalue weighted by atomic mass is 10.1. The van der Waals surface area contributed by atoms with Crippen LogP contribution in [0.25, 0.3) is 20.7 Å². The Kier molecular flexibility index (Phi) is 5.44. The molecule has 0 aliphatic heterocycles. The topological polar surface area (TPSA) is 118 Å². The van der Waals surface area contributed by atoms with Crippen molar-refractivity contribution in [2.24, 2.45) is 11.7 Å². The molecule has 0 aromatic carbocycles. The Labute approximate surface area is 161 Å². The van der Waals surface area contributed by atoms with Crippen molar-refractivity contribution in [3.8, 4) is 10.4 Å². The third-order valence-corrected chi connectivity index (χ3v) is 6.76. The second kappa shape index (κ2) is 7.60. The molecule has 0 aliphatic rings. The highest BCUT2D eigenvalue weighted by Gasteiger charge is 2.26. The number of primary amides is 1. The van der Waals surface area contributed by atoms with Gasteiger partial charge in [-0.05, 0) is 17.4 Å². The molecule has 0 unspecified atom stereocenters. The maximum atomic E-state index is 12.6. The summed E-state index contributed by atoms with van der Waals surface area (Å²) in [6.07, 6.45) is 0. The first-order valence-electron chi connectivity index (χ1n) is 7.69. The lowest BCUT2D eigenvalue weighted by Gasteiger charge is -2.17. The molecule has 136 valence electrons. The smallest absolute Gasteiger partial charge is 0.318 e. The number of urea groups is 1. The molecule has 0 bridgehead atoms. The number of nitrogens with one attached hydrogen (secondary N) is 2. The van der Waals surface area contributed by atoms with Gasteiger partial charge in [0.25, 0.3) is 5.56 Å². The second-order valence-corrected chi connectivity index (χ2v) is 8.75. The average molecular weight is 409 g/mol. The summed E-state index contributed by atoms with van der Waals surface area (Å²) in [4.78, 5) is 44.5. The minimum Gasteiger partial charge on any atom is -0.351 e. The van der Waals surface area contributed by atoms with Gasteiger partial charge < -0.3 is 10.7 Å². The number of nitrogens with zero attached hydrogens (tertiary/aromatic N) is 1. The molecule has 10 heteroatoms. The molecule has 7 nitrogen and oxygen atoms in total. The van der Waals surface area contributed by atoms with Crippen molar-refractivity contribution in [2.45, 2.75) is 24.3 Å². The van der Waals surface area contributed by atoms with Gasteiger partial charge in [0.05, 0.1) is 10.6 Å². The van der Waals surface area contributed by atoms with Gasteiger partial charge in [-0.25, -0.2) is 9.78 Å². The van der Waals surface area contributed by atoms with Gasteiger partial charge >= 0.3 is 6.03 Å². The summed E-state index contributed by atoms with van der Waals surface area (Å²) >= 11 is 4.04. The first kappa shape index (κ1) is 18.6. The Bertz CT molecular complexity index is 1010. The summed E-state index contributed by atoms with van der Waals surface area (Å²) in [7, 11) is 0. The minimum atomic E-state index is -0.906. The number of amides is 3. The zero-order valence-corrected chi connectivity index (χ0v) is 16.4. The first-order valence-corrected chi connectivity index (χ1v) is 10.3. The van der Waals surface area contributed by atoms with Crippen LogP contribution in [0.5, 0.6) is 0 Å². The molecule has 0 fully saturated rings. The molecule has 3 rings (SSSR count). The van der Waals surface area contributed by atoms with E-state index in [1.165, 1.54) is 11.3 Å². The summed E-state index contributed by atoms with van der Waals surface area (Å²) < 4.78 is 0. The quantitative estimate of drug-likeness (QED) is 0.443. The predicted octanol–water partition coefficient (Wildman–Crippen LogP) is 3.02. The number of thiophene rings is 2. The van der Waals surface area contributed by atoms with Gasteiger partial charge in [-0.15, -0.1) is 22.7 Å². The lowest BCUT2D eigenvalue weighted by molar-refractivity contribution is -0.120. The van der Waals surface area contributed by atoms with Crippen LogP contribution in [0, 0.1) is 5.92 Å². The molecule has 0 saturated carbocycles. The monoisotopic (exact) mass is 408 g/mol.